The van der Waals surface area contributed by atoms with Crippen molar-refractivity contribution < 1.29 is 34.3 Å². The van der Waals surface area contributed by atoms with Gasteiger partial charge in [0.2, 0.25) is 0 Å². The summed E-state index contributed by atoms with van der Waals surface area (Å²) in [6, 6.07) is 0. The van der Waals surface area contributed by atoms with E-state index in [1.54, 1.807) is 0 Å². The summed E-state index contributed by atoms with van der Waals surface area (Å²) in [7, 11) is 0. The maximum atomic E-state index is 11.1. The molecule has 0 aliphatic rings. The molecule has 108 valence electrons. The fourth-order valence-corrected chi connectivity index (χ4v) is 1.05. The highest BCUT2D eigenvalue weighted by atomic mass is 16.6. The molecule has 0 fully saturated rings. The van der Waals surface area contributed by atoms with Crippen molar-refractivity contribution in [2.75, 3.05) is 46.2 Å². The van der Waals surface area contributed by atoms with E-state index in [4.69, 9.17) is 29.5 Å². The second-order valence-electron chi connectivity index (χ2n) is 3.54. The average molecular weight is 266 g/mol. The number of carbonyl (C=O) groups excluding carboxylic acids is 1. The van der Waals surface area contributed by atoms with Crippen LogP contribution in [0.25, 0.3) is 0 Å². The Labute approximate surface area is 106 Å². The van der Waals surface area contributed by atoms with Crippen LogP contribution in [-0.4, -0.2) is 73.6 Å². The summed E-state index contributed by atoms with van der Waals surface area (Å²) in [6.07, 6.45) is -0.621. The Morgan fingerprint density at radius 2 is 1.61 bits per heavy atom. The molecular formula is C11H22O7. The Balaban J connectivity index is 3.20. The third-order valence-electron chi connectivity index (χ3n) is 1.99. The summed E-state index contributed by atoms with van der Waals surface area (Å²) in [4.78, 5) is 11.1. The maximum Gasteiger partial charge on any atom is 0.305 e. The minimum absolute atomic E-state index is 0.0166. The molecule has 0 aliphatic heterocycles. The van der Waals surface area contributed by atoms with Crippen molar-refractivity contribution in [1.29, 1.82) is 0 Å². The van der Waals surface area contributed by atoms with Crippen LogP contribution in [0.4, 0.5) is 0 Å². The molecule has 0 bridgehead atoms. The lowest BCUT2D eigenvalue weighted by molar-refractivity contribution is -0.146. The van der Waals surface area contributed by atoms with E-state index in [0.29, 0.717) is 13.2 Å². The van der Waals surface area contributed by atoms with Gasteiger partial charge in [0, 0.05) is 6.42 Å². The van der Waals surface area contributed by atoms with Crippen LogP contribution in [0.2, 0.25) is 0 Å². The van der Waals surface area contributed by atoms with Crippen molar-refractivity contribution in [2.24, 2.45) is 0 Å². The van der Waals surface area contributed by atoms with Crippen molar-refractivity contribution in [2.45, 2.75) is 18.9 Å². The van der Waals surface area contributed by atoms with E-state index < -0.39 is 12.1 Å². The van der Waals surface area contributed by atoms with Gasteiger partial charge in [-0.25, -0.2) is 0 Å². The highest BCUT2D eigenvalue weighted by Gasteiger charge is 2.07. The maximum absolute atomic E-state index is 11.1. The number of aliphatic hydroxyl groups is 3. The summed E-state index contributed by atoms with van der Waals surface area (Å²) < 4.78 is 14.9. The van der Waals surface area contributed by atoms with Gasteiger partial charge in [-0.05, 0) is 6.42 Å². The molecule has 0 heterocycles. The molecule has 0 aromatic carbocycles. The zero-order valence-corrected chi connectivity index (χ0v) is 10.4. The van der Waals surface area contributed by atoms with Crippen LogP contribution in [0, 0.1) is 0 Å². The quantitative estimate of drug-likeness (QED) is 0.297. The summed E-state index contributed by atoms with van der Waals surface area (Å²) in [5.41, 5.74) is 0. The van der Waals surface area contributed by atoms with Gasteiger partial charge >= 0.3 is 5.97 Å². The van der Waals surface area contributed by atoms with E-state index in [1.807, 2.05) is 0 Å². The van der Waals surface area contributed by atoms with E-state index in [9.17, 15) is 4.79 Å². The number of hydrogen-bond donors (Lipinski definition) is 3. The first-order valence-corrected chi connectivity index (χ1v) is 5.91. The summed E-state index contributed by atoms with van der Waals surface area (Å²) in [5, 5.41) is 26.0. The summed E-state index contributed by atoms with van der Waals surface area (Å²) in [5.74, 6) is -0.428. The standard InChI is InChI=1S/C11H22O7/c12-3-4-16-5-6-17-7-8-18-11(15)2-1-10(14)9-13/h10,12-14H,1-9H2. The third kappa shape index (κ3) is 11.7. The zero-order valence-electron chi connectivity index (χ0n) is 10.4. The SMILES string of the molecule is O=C(CCC(O)CO)OCCOCCOCCO. The Hall–Kier alpha value is -0.730. The minimum Gasteiger partial charge on any atom is -0.463 e. The Morgan fingerprint density at radius 1 is 1.00 bits per heavy atom. The van der Waals surface area contributed by atoms with Gasteiger partial charge in [-0.3, -0.25) is 4.79 Å². The average Bonchev–Trinajstić information content (AvgIpc) is 2.39. The normalized spacial score (nSPS) is 12.4. The van der Waals surface area contributed by atoms with Gasteiger partial charge in [0.25, 0.3) is 0 Å². The van der Waals surface area contributed by atoms with Gasteiger partial charge in [-0.2, -0.15) is 0 Å². The third-order valence-corrected chi connectivity index (χ3v) is 1.99. The molecule has 0 spiro atoms. The second-order valence-corrected chi connectivity index (χ2v) is 3.54. The fourth-order valence-electron chi connectivity index (χ4n) is 1.05. The van der Waals surface area contributed by atoms with Crippen LogP contribution < -0.4 is 0 Å². The van der Waals surface area contributed by atoms with Crippen LogP contribution in [0.1, 0.15) is 12.8 Å². The molecule has 0 aromatic heterocycles. The van der Waals surface area contributed by atoms with Crippen LogP contribution >= 0.6 is 0 Å². The molecular weight excluding hydrogens is 244 g/mol. The molecule has 0 saturated heterocycles. The molecule has 0 radical (unpaired) electrons. The van der Waals surface area contributed by atoms with Crippen molar-refractivity contribution in [1.82, 2.24) is 0 Å². The van der Waals surface area contributed by atoms with E-state index >= 15 is 0 Å². The van der Waals surface area contributed by atoms with Crippen molar-refractivity contribution in [3.8, 4) is 0 Å². The molecule has 0 aliphatic carbocycles. The molecule has 18 heavy (non-hydrogen) atoms. The van der Waals surface area contributed by atoms with Crippen LogP contribution in [0.3, 0.4) is 0 Å². The summed E-state index contributed by atoms with van der Waals surface area (Å²) in [6.45, 7) is 1.09. The number of ether oxygens (including phenoxy) is 3. The van der Waals surface area contributed by atoms with Crippen LogP contribution in [0.5, 0.6) is 0 Å². The van der Waals surface area contributed by atoms with Crippen molar-refractivity contribution >= 4 is 5.97 Å². The van der Waals surface area contributed by atoms with Crippen molar-refractivity contribution in [3.05, 3.63) is 0 Å². The molecule has 0 amide bonds. The molecule has 0 aromatic rings. The topological polar surface area (TPSA) is 105 Å². The lowest BCUT2D eigenvalue weighted by Crippen LogP contribution is -2.17. The molecule has 0 saturated carbocycles. The first-order chi connectivity index (χ1) is 8.70. The molecule has 1 atom stereocenters. The monoisotopic (exact) mass is 266 g/mol. The van der Waals surface area contributed by atoms with E-state index in [0.717, 1.165) is 0 Å². The largest absolute Gasteiger partial charge is 0.463 e. The van der Waals surface area contributed by atoms with Gasteiger partial charge in [0.05, 0.1) is 45.7 Å². The number of carbonyl (C=O) groups is 1. The van der Waals surface area contributed by atoms with Crippen LogP contribution in [-0.2, 0) is 19.0 Å². The number of rotatable bonds is 12. The highest BCUT2D eigenvalue weighted by molar-refractivity contribution is 5.69. The van der Waals surface area contributed by atoms with E-state index in [1.165, 1.54) is 0 Å². The lowest BCUT2D eigenvalue weighted by atomic mass is 10.2. The molecule has 1 unspecified atom stereocenters. The Bertz CT molecular complexity index is 198. The predicted molar refractivity (Wildman–Crippen MR) is 62.0 cm³/mol. The van der Waals surface area contributed by atoms with Gasteiger partial charge in [-0.1, -0.05) is 0 Å². The highest BCUT2D eigenvalue weighted by Crippen LogP contribution is 1.98. The Morgan fingerprint density at radius 3 is 2.22 bits per heavy atom. The van der Waals surface area contributed by atoms with Crippen molar-refractivity contribution in [3.63, 3.8) is 0 Å². The number of hydrogen-bond acceptors (Lipinski definition) is 7. The molecule has 7 heteroatoms. The number of esters is 1. The predicted octanol–water partition coefficient (Wildman–Crippen LogP) is -1.31. The van der Waals surface area contributed by atoms with Gasteiger partial charge < -0.3 is 29.5 Å². The van der Waals surface area contributed by atoms with E-state index in [-0.39, 0.29) is 45.9 Å². The second kappa shape index (κ2) is 12.7. The zero-order chi connectivity index (χ0) is 13.6. The Kier molecular flexibility index (Phi) is 12.2. The smallest absolute Gasteiger partial charge is 0.305 e. The van der Waals surface area contributed by atoms with Gasteiger partial charge in [0.15, 0.2) is 0 Å². The van der Waals surface area contributed by atoms with Gasteiger partial charge in [0.1, 0.15) is 6.61 Å². The fraction of sp³-hybridized carbons (Fsp3) is 0.909. The minimum atomic E-state index is -0.877. The molecule has 3 N–H and O–H groups in total. The summed E-state index contributed by atoms with van der Waals surface area (Å²) >= 11 is 0. The lowest BCUT2D eigenvalue weighted by Gasteiger charge is -2.08. The van der Waals surface area contributed by atoms with Gasteiger partial charge in [-0.15, -0.1) is 0 Å². The van der Waals surface area contributed by atoms with Crippen LogP contribution in [0.15, 0.2) is 0 Å². The molecule has 0 rings (SSSR count). The first kappa shape index (κ1) is 17.3. The number of aliphatic hydroxyl groups excluding tert-OH is 3. The van der Waals surface area contributed by atoms with E-state index in [2.05, 4.69) is 0 Å². The first-order valence-electron chi connectivity index (χ1n) is 5.91. The molecule has 7 nitrogen and oxygen atoms in total.